The summed E-state index contributed by atoms with van der Waals surface area (Å²) in [4.78, 5) is 0. The molecule has 0 spiro atoms. The van der Waals surface area contributed by atoms with Crippen LogP contribution in [0.4, 0.5) is 0 Å². The lowest BCUT2D eigenvalue weighted by Crippen LogP contribution is -1.99. The van der Waals surface area contributed by atoms with Crippen molar-refractivity contribution < 1.29 is 9.47 Å². The van der Waals surface area contributed by atoms with Crippen molar-refractivity contribution in [2.24, 2.45) is 0 Å². The molecule has 0 aromatic heterocycles. The second kappa shape index (κ2) is 6.65. The molecule has 0 aliphatic heterocycles. The van der Waals surface area contributed by atoms with E-state index in [0.29, 0.717) is 22.9 Å². The third-order valence-corrected chi connectivity index (χ3v) is 3.71. The molecule has 0 bridgehead atoms. The molecular formula is C15H11BrClNO2. The smallest absolute Gasteiger partial charge is 0.139 e. The molecule has 0 N–H and O–H groups in total. The molecule has 0 radical (unpaired) electrons. The summed E-state index contributed by atoms with van der Waals surface area (Å²) in [5.74, 6) is 1.22. The normalized spacial score (nSPS) is 9.90. The molecule has 20 heavy (non-hydrogen) atoms. The Labute approximate surface area is 130 Å². The molecule has 5 heteroatoms. The van der Waals surface area contributed by atoms with Gasteiger partial charge >= 0.3 is 0 Å². The minimum Gasteiger partial charge on any atom is -0.497 e. The molecule has 0 saturated carbocycles. The van der Waals surface area contributed by atoms with Gasteiger partial charge in [0, 0.05) is 21.1 Å². The number of rotatable bonds is 4. The van der Waals surface area contributed by atoms with Crippen LogP contribution in [0.1, 0.15) is 11.1 Å². The van der Waals surface area contributed by atoms with Crippen LogP contribution in [-0.4, -0.2) is 7.11 Å². The number of halogens is 2. The highest BCUT2D eigenvalue weighted by atomic mass is 79.9. The minimum absolute atomic E-state index is 0.312. The first-order chi connectivity index (χ1) is 9.63. The fourth-order valence-electron chi connectivity index (χ4n) is 1.65. The maximum atomic E-state index is 9.04. The lowest BCUT2D eigenvalue weighted by atomic mass is 10.2. The predicted molar refractivity (Wildman–Crippen MR) is 81.2 cm³/mol. The van der Waals surface area contributed by atoms with Crippen LogP contribution in [0, 0.1) is 11.3 Å². The summed E-state index contributed by atoms with van der Waals surface area (Å²) in [6.45, 7) is 0.312. The van der Waals surface area contributed by atoms with E-state index in [4.69, 9.17) is 26.3 Å². The van der Waals surface area contributed by atoms with Gasteiger partial charge < -0.3 is 9.47 Å². The molecule has 0 unspecified atom stereocenters. The molecule has 0 amide bonds. The van der Waals surface area contributed by atoms with Crippen LogP contribution < -0.4 is 9.47 Å². The number of nitrogens with zero attached hydrogens (tertiary/aromatic N) is 1. The quantitative estimate of drug-likeness (QED) is 0.810. The van der Waals surface area contributed by atoms with Crippen molar-refractivity contribution in [2.45, 2.75) is 6.61 Å². The van der Waals surface area contributed by atoms with Crippen LogP contribution in [0.25, 0.3) is 0 Å². The maximum absolute atomic E-state index is 9.04. The Hall–Kier alpha value is -1.70. The largest absolute Gasteiger partial charge is 0.497 e. The van der Waals surface area contributed by atoms with Gasteiger partial charge in [-0.2, -0.15) is 5.26 Å². The Bertz CT molecular complexity index is 667. The van der Waals surface area contributed by atoms with E-state index in [-0.39, 0.29) is 0 Å². The van der Waals surface area contributed by atoms with Crippen molar-refractivity contribution >= 4 is 27.5 Å². The number of hydrogen-bond acceptors (Lipinski definition) is 3. The summed E-state index contributed by atoms with van der Waals surface area (Å²) >= 11 is 9.37. The van der Waals surface area contributed by atoms with E-state index in [1.807, 2.05) is 18.2 Å². The third kappa shape index (κ3) is 3.44. The van der Waals surface area contributed by atoms with E-state index in [9.17, 15) is 0 Å². The van der Waals surface area contributed by atoms with E-state index >= 15 is 0 Å². The average molecular weight is 353 g/mol. The van der Waals surface area contributed by atoms with E-state index in [2.05, 4.69) is 22.0 Å². The predicted octanol–water partition coefficient (Wildman–Crippen LogP) is 4.56. The van der Waals surface area contributed by atoms with Crippen LogP contribution in [0.3, 0.4) is 0 Å². The summed E-state index contributed by atoms with van der Waals surface area (Å²) in [6.07, 6.45) is 0. The van der Waals surface area contributed by atoms with Crippen molar-refractivity contribution in [3.8, 4) is 17.6 Å². The molecule has 0 fully saturated rings. The lowest BCUT2D eigenvalue weighted by molar-refractivity contribution is 0.303. The van der Waals surface area contributed by atoms with E-state index < -0.39 is 0 Å². The van der Waals surface area contributed by atoms with E-state index in [1.165, 1.54) is 0 Å². The fraction of sp³-hybridized carbons (Fsp3) is 0.133. The van der Waals surface area contributed by atoms with Gasteiger partial charge in [-0.1, -0.05) is 27.5 Å². The SMILES string of the molecule is COc1ccc(Br)c(COc2cc(Cl)ccc2C#N)c1. The van der Waals surface area contributed by atoms with Gasteiger partial charge in [0.1, 0.15) is 24.2 Å². The maximum Gasteiger partial charge on any atom is 0.139 e. The molecule has 0 atom stereocenters. The molecule has 3 nitrogen and oxygen atoms in total. The number of ether oxygens (including phenoxy) is 2. The average Bonchev–Trinajstić information content (AvgIpc) is 2.46. The first-order valence-corrected chi connectivity index (χ1v) is 6.96. The van der Waals surface area contributed by atoms with Gasteiger partial charge in [-0.15, -0.1) is 0 Å². The van der Waals surface area contributed by atoms with Crippen molar-refractivity contribution in [3.05, 3.63) is 57.0 Å². The summed E-state index contributed by atoms with van der Waals surface area (Å²) in [7, 11) is 1.61. The van der Waals surface area contributed by atoms with E-state index in [0.717, 1.165) is 15.8 Å². The zero-order chi connectivity index (χ0) is 14.5. The highest BCUT2D eigenvalue weighted by Gasteiger charge is 2.07. The molecule has 2 aromatic rings. The van der Waals surface area contributed by atoms with Crippen LogP contribution in [0.5, 0.6) is 11.5 Å². The van der Waals surface area contributed by atoms with Gasteiger partial charge in [-0.05, 0) is 30.3 Å². The molecule has 0 heterocycles. The van der Waals surface area contributed by atoms with Crippen LogP contribution in [0.2, 0.25) is 5.02 Å². The zero-order valence-electron chi connectivity index (χ0n) is 10.7. The third-order valence-electron chi connectivity index (χ3n) is 2.70. The lowest BCUT2D eigenvalue weighted by Gasteiger charge is -2.11. The molecule has 0 aliphatic carbocycles. The first kappa shape index (κ1) is 14.7. The van der Waals surface area contributed by atoms with Crippen molar-refractivity contribution in [3.63, 3.8) is 0 Å². The van der Waals surface area contributed by atoms with Gasteiger partial charge in [-0.3, -0.25) is 0 Å². The Kier molecular flexibility index (Phi) is 4.89. The van der Waals surface area contributed by atoms with Gasteiger partial charge in [0.15, 0.2) is 0 Å². The Morgan fingerprint density at radius 1 is 1.25 bits per heavy atom. The van der Waals surface area contributed by atoms with Gasteiger partial charge in [0.05, 0.1) is 12.7 Å². The Balaban J connectivity index is 2.21. The number of nitriles is 1. The molecule has 2 aromatic carbocycles. The monoisotopic (exact) mass is 351 g/mol. The Morgan fingerprint density at radius 3 is 2.75 bits per heavy atom. The van der Waals surface area contributed by atoms with Crippen molar-refractivity contribution in [1.29, 1.82) is 5.26 Å². The van der Waals surface area contributed by atoms with Gasteiger partial charge in [0.2, 0.25) is 0 Å². The van der Waals surface area contributed by atoms with Crippen molar-refractivity contribution in [2.75, 3.05) is 7.11 Å². The number of methoxy groups -OCH3 is 1. The summed E-state index contributed by atoms with van der Waals surface area (Å²) < 4.78 is 11.8. The van der Waals surface area contributed by atoms with Crippen molar-refractivity contribution in [1.82, 2.24) is 0 Å². The molecule has 0 saturated heterocycles. The molecular weight excluding hydrogens is 342 g/mol. The fourth-order valence-corrected chi connectivity index (χ4v) is 2.18. The zero-order valence-corrected chi connectivity index (χ0v) is 13.0. The van der Waals surface area contributed by atoms with Gasteiger partial charge in [0.25, 0.3) is 0 Å². The minimum atomic E-state index is 0.312. The molecule has 2 rings (SSSR count). The highest BCUT2D eigenvalue weighted by molar-refractivity contribution is 9.10. The highest BCUT2D eigenvalue weighted by Crippen LogP contribution is 2.27. The summed E-state index contributed by atoms with van der Waals surface area (Å²) in [5.41, 5.74) is 1.38. The second-order valence-corrected chi connectivity index (χ2v) is 5.29. The standard InChI is InChI=1S/C15H11BrClNO2/c1-19-13-4-5-14(16)11(6-13)9-20-15-7-12(17)3-2-10(15)8-18/h2-7H,9H2,1H3. The number of benzene rings is 2. The first-order valence-electron chi connectivity index (χ1n) is 5.79. The van der Waals surface area contributed by atoms with Crippen LogP contribution >= 0.6 is 27.5 Å². The molecule has 102 valence electrons. The number of hydrogen-bond donors (Lipinski definition) is 0. The van der Waals surface area contributed by atoms with Crippen LogP contribution in [0.15, 0.2) is 40.9 Å². The summed E-state index contributed by atoms with van der Waals surface area (Å²) in [5, 5.41) is 9.57. The van der Waals surface area contributed by atoms with E-state index in [1.54, 1.807) is 25.3 Å². The van der Waals surface area contributed by atoms with Crippen LogP contribution in [-0.2, 0) is 6.61 Å². The second-order valence-electron chi connectivity index (χ2n) is 4.00. The van der Waals surface area contributed by atoms with Gasteiger partial charge in [-0.25, -0.2) is 0 Å². The summed E-state index contributed by atoms with van der Waals surface area (Å²) in [6, 6.07) is 12.6. The topological polar surface area (TPSA) is 42.2 Å². The Morgan fingerprint density at radius 2 is 2.05 bits per heavy atom. The molecule has 0 aliphatic rings.